The molecule has 2 atom stereocenters. The fourth-order valence-electron chi connectivity index (χ4n) is 2.03. The molecule has 0 amide bonds. The zero-order valence-corrected chi connectivity index (χ0v) is 19.3. The first kappa shape index (κ1) is 26.9. The Morgan fingerprint density at radius 2 is 1.70 bits per heavy atom. The highest BCUT2D eigenvalue weighted by atomic mass is 32.2. The third-order valence-corrected chi connectivity index (χ3v) is 6.06. The van der Waals surface area contributed by atoms with E-state index in [1.54, 1.807) is 11.8 Å². The summed E-state index contributed by atoms with van der Waals surface area (Å²) in [6.45, 7) is 4.28. The van der Waals surface area contributed by atoms with Crippen LogP contribution in [-0.4, -0.2) is 69.5 Å². The summed E-state index contributed by atoms with van der Waals surface area (Å²) in [4.78, 5) is 23.5. The van der Waals surface area contributed by atoms with Crippen molar-refractivity contribution in [3.63, 3.8) is 0 Å². The smallest absolute Gasteiger partial charge is 0.309 e. The van der Waals surface area contributed by atoms with Crippen LogP contribution in [0.15, 0.2) is 0 Å². The van der Waals surface area contributed by atoms with E-state index in [1.807, 2.05) is 28.1 Å². The Labute approximate surface area is 169 Å². The maximum atomic E-state index is 11.9. The highest BCUT2D eigenvalue weighted by Gasteiger charge is 2.16. The van der Waals surface area contributed by atoms with Gasteiger partial charge >= 0.3 is 5.97 Å². The second kappa shape index (κ2) is 14.8. The molecule has 0 rings (SSSR count). The highest BCUT2D eigenvalue weighted by Crippen LogP contribution is 2.37. The summed E-state index contributed by atoms with van der Waals surface area (Å²) in [7, 11) is 1.46. The predicted octanol–water partition coefficient (Wildman–Crippen LogP) is 3.08. The van der Waals surface area contributed by atoms with Gasteiger partial charge in [-0.1, -0.05) is 39.5 Å². The van der Waals surface area contributed by atoms with E-state index in [-0.39, 0.29) is 31.7 Å². The summed E-state index contributed by atoms with van der Waals surface area (Å²) < 4.78 is 26.7. The van der Waals surface area contributed by atoms with Crippen molar-refractivity contribution < 1.29 is 32.5 Å². The van der Waals surface area contributed by atoms with Crippen molar-refractivity contribution in [3.8, 4) is 0 Å². The largest absolute Gasteiger partial charge is 0.756 e. The molecule has 0 saturated heterocycles. The lowest BCUT2D eigenvalue weighted by Gasteiger charge is -2.27. The van der Waals surface area contributed by atoms with Crippen LogP contribution in [0.3, 0.4) is 0 Å². The molecule has 0 aliphatic carbocycles. The highest BCUT2D eigenvalue weighted by molar-refractivity contribution is 7.99. The number of thioether (sulfide) groups is 1. The molecule has 0 aliphatic rings. The van der Waals surface area contributed by atoms with Crippen LogP contribution in [-0.2, 0) is 23.1 Å². The van der Waals surface area contributed by atoms with Crippen molar-refractivity contribution in [2.45, 2.75) is 46.0 Å². The van der Waals surface area contributed by atoms with Crippen LogP contribution in [0.5, 0.6) is 0 Å². The van der Waals surface area contributed by atoms with E-state index in [4.69, 9.17) is 13.8 Å². The number of carbonyl (C=O) groups excluding carboxylic acids is 1. The molecule has 27 heavy (non-hydrogen) atoms. The Balaban J connectivity index is 3.74. The average molecular weight is 428 g/mol. The molecule has 0 heterocycles. The lowest BCUT2D eigenvalue weighted by Crippen LogP contribution is -2.37. The molecule has 0 bridgehead atoms. The zero-order valence-electron chi connectivity index (χ0n) is 17.6. The van der Waals surface area contributed by atoms with Gasteiger partial charge in [-0.2, -0.15) is 11.8 Å². The summed E-state index contributed by atoms with van der Waals surface area (Å²) >= 11 is 1.75. The van der Waals surface area contributed by atoms with Gasteiger partial charge in [0.05, 0.1) is 33.7 Å². The number of rotatable bonds is 17. The van der Waals surface area contributed by atoms with Gasteiger partial charge in [-0.3, -0.25) is 9.36 Å². The molecule has 7 nitrogen and oxygen atoms in total. The number of unbranched alkanes of at least 4 members (excludes halogenated alkanes) is 4. The van der Waals surface area contributed by atoms with Crippen LogP contribution in [0.4, 0.5) is 0 Å². The van der Waals surface area contributed by atoms with Crippen LogP contribution in [0, 0.1) is 5.92 Å². The van der Waals surface area contributed by atoms with Crippen LogP contribution in [0.2, 0.25) is 0 Å². The topological polar surface area (TPSA) is 84.9 Å². The molecule has 0 spiro atoms. The van der Waals surface area contributed by atoms with Gasteiger partial charge in [0.15, 0.2) is 0 Å². The quantitative estimate of drug-likeness (QED) is 0.153. The van der Waals surface area contributed by atoms with Crippen molar-refractivity contribution in [1.29, 1.82) is 0 Å². The second-order valence-corrected chi connectivity index (χ2v) is 10.2. The summed E-state index contributed by atoms with van der Waals surface area (Å²) in [6.07, 6.45) is 6.21. The first-order valence-corrected chi connectivity index (χ1v) is 12.3. The summed E-state index contributed by atoms with van der Waals surface area (Å²) in [5, 5.41) is 0. The predicted molar refractivity (Wildman–Crippen MR) is 109 cm³/mol. The fraction of sp³-hybridized carbons (Fsp3) is 0.944. The van der Waals surface area contributed by atoms with Gasteiger partial charge in [0, 0.05) is 5.75 Å². The Kier molecular flexibility index (Phi) is 14.8. The maximum Gasteiger partial charge on any atom is 0.309 e. The third kappa shape index (κ3) is 17.7. The van der Waals surface area contributed by atoms with Crippen molar-refractivity contribution in [2.24, 2.45) is 5.92 Å². The van der Waals surface area contributed by atoms with Gasteiger partial charge in [0.1, 0.15) is 19.8 Å². The Morgan fingerprint density at radius 1 is 1.07 bits per heavy atom. The first-order chi connectivity index (χ1) is 12.6. The van der Waals surface area contributed by atoms with Gasteiger partial charge < -0.3 is 23.2 Å². The first-order valence-electron chi connectivity index (χ1n) is 9.72. The molecule has 0 aromatic heterocycles. The minimum atomic E-state index is -4.35. The summed E-state index contributed by atoms with van der Waals surface area (Å²) in [5.41, 5.74) is 0. The summed E-state index contributed by atoms with van der Waals surface area (Å²) in [5.74, 6) is 1.21. The molecular weight excluding hydrogens is 389 g/mol. The Bertz CT molecular complexity index is 444. The number of hydrogen-bond donors (Lipinski definition) is 0. The van der Waals surface area contributed by atoms with Gasteiger partial charge in [-0.15, -0.1) is 0 Å². The normalized spacial score (nSPS) is 15.3. The second-order valence-electron chi connectivity index (χ2n) is 7.69. The van der Waals surface area contributed by atoms with Crippen LogP contribution in [0.25, 0.3) is 0 Å². The van der Waals surface area contributed by atoms with Gasteiger partial charge in [0.2, 0.25) is 0 Å². The van der Waals surface area contributed by atoms with E-state index in [9.17, 15) is 14.3 Å². The van der Waals surface area contributed by atoms with E-state index < -0.39 is 7.82 Å². The zero-order chi connectivity index (χ0) is 20.8. The molecule has 0 aliphatic heterocycles. The minimum Gasteiger partial charge on any atom is -0.756 e. The van der Waals surface area contributed by atoms with E-state index in [1.165, 1.54) is 32.1 Å². The molecule has 0 aromatic rings. The van der Waals surface area contributed by atoms with Crippen molar-refractivity contribution >= 4 is 25.6 Å². The molecular formula is C18H38NO6PS. The van der Waals surface area contributed by atoms with E-state index in [2.05, 4.69) is 6.92 Å². The van der Waals surface area contributed by atoms with Gasteiger partial charge in [0.25, 0.3) is 7.82 Å². The Hall–Kier alpha value is -0.110. The molecule has 2 unspecified atom stereocenters. The number of ether oxygens (including phenoxy) is 1. The summed E-state index contributed by atoms with van der Waals surface area (Å²) in [6, 6.07) is 0. The maximum absolute atomic E-state index is 11.9. The number of carbonyl (C=O) groups is 1. The van der Waals surface area contributed by atoms with Crippen molar-refractivity contribution in [3.05, 3.63) is 0 Å². The fourth-order valence-corrected chi connectivity index (χ4v) is 3.78. The van der Waals surface area contributed by atoms with Crippen LogP contribution < -0.4 is 4.89 Å². The molecule has 0 aromatic carbocycles. The third-order valence-electron chi connectivity index (χ3n) is 3.75. The molecule has 0 N–H and O–H groups in total. The molecule has 0 radical (unpaired) electrons. The number of phosphoric acid groups is 1. The number of phosphoric ester groups is 1. The number of nitrogens with zero attached hydrogens (tertiary/aromatic N) is 1. The minimum absolute atomic E-state index is 0.0523. The standard InChI is InChI=1S/C18H38NO6PS/c1-6-7-8-9-10-15-27-16-17(2)18(20)23-13-14-25-26(21,22)24-12-11-19(3,4)5/h17H,6-16H2,1-5H3. The van der Waals surface area contributed by atoms with Gasteiger partial charge in [-0.25, -0.2) is 0 Å². The number of quaternary nitrogens is 1. The van der Waals surface area contributed by atoms with E-state index in [0.29, 0.717) is 16.8 Å². The molecule has 0 saturated carbocycles. The monoisotopic (exact) mass is 427 g/mol. The average Bonchev–Trinajstić information content (AvgIpc) is 2.56. The number of hydrogen-bond acceptors (Lipinski definition) is 7. The number of likely N-dealkylation sites (N-methyl/N-ethyl adjacent to an activating group) is 1. The van der Waals surface area contributed by atoms with E-state index in [0.717, 1.165) is 5.75 Å². The SMILES string of the molecule is CCCCCCCSCC(C)C(=O)OCCOP(=O)([O-])OCC[N+](C)(C)C. The van der Waals surface area contributed by atoms with Gasteiger partial charge in [-0.05, 0) is 12.2 Å². The molecule has 0 fully saturated rings. The molecule has 162 valence electrons. The lowest BCUT2D eigenvalue weighted by molar-refractivity contribution is -0.870. The van der Waals surface area contributed by atoms with Crippen LogP contribution >= 0.6 is 19.6 Å². The number of esters is 1. The van der Waals surface area contributed by atoms with E-state index >= 15 is 0 Å². The lowest BCUT2D eigenvalue weighted by atomic mass is 10.2. The van der Waals surface area contributed by atoms with Crippen molar-refractivity contribution in [2.75, 3.05) is 59.0 Å². The Morgan fingerprint density at radius 3 is 2.33 bits per heavy atom. The van der Waals surface area contributed by atoms with Crippen molar-refractivity contribution in [1.82, 2.24) is 0 Å². The van der Waals surface area contributed by atoms with Crippen LogP contribution in [0.1, 0.15) is 46.0 Å². The molecule has 9 heteroatoms.